The van der Waals surface area contributed by atoms with E-state index in [1.165, 1.54) is 13.8 Å². The molecular weight excluding hydrogens is 324 g/mol. The number of nitrogens with zero attached hydrogens (tertiary/aromatic N) is 2. The van der Waals surface area contributed by atoms with Crippen LogP contribution in [0.5, 0.6) is 0 Å². The van der Waals surface area contributed by atoms with Crippen molar-refractivity contribution < 1.29 is 19.4 Å². The van der Waals surface area contributed by atoms with Gasteiger partial charge in [0.1, 0.15) is 0 Å². The summed E-state index contributed by atoms with van der Waals surface area (Å²) in [6, 6.07) is 9.49. The molecule has 1 aromatic carbocycles. The molecule has 8 nitrogen and oxygen atoms in total. The minimum Gasteiger partial charge on any atom is -0.463 e. The van der Waals surface area contributed by atoms with Crippen molar-refractivity contribution in [2.75, 3.05) is 6.61 Å². The lowest BCUT2D eigenvalue weighted by Gasteiger charge is -2.41. The fraction of sp³-hybridized carbons (Fsp3) is 0.353. The Bertz CT molecular complexity index is 767. The molecule has 1 aliphatic heterocycles. The van der Waals surface area contributed by atoms with Gasteiger partial charge in [0.2, 0.25) is 0 Å². The molecule has 1 aromatic rings. The quantitative estimate of drug-likeness (QED) is 0.696. The lowest BCUT2D eigenvalue weighted by Crippen LogP contribution is -2.61. The normalized spacial score (nSPS) is 25.5. The summed E-state index contributed by atoms with van der Waals surface area (Å²) in [6.45, 7) is 4.56. The van der Waals surface area contributed by atoms with Gasteiger partial charge in [-0.15, -0.1) is 0 Å². The number of hydrazine groups is 1. The number of benzene rings is 1. The van der Waals surface area contributed by atoms with E-state index < -0.39 is 23.1 Å². The predicted molar refractivity (Wildman–Crippen MR) is 88.2 cm³/mol. The van der Waals surface area contributed by atoms with Gasteiger partial charge in [-0.25, -0.2) is 15.0 Å². The Morgan fingerprint density at radius 3 is 2.48 bits per heavy atom. The lowest BCUT2D eigenvalue weighted by atomic mass is 9.69. The monoisotopic (exact) mass is 344 g/mol. The highest BCUT2D eigenvalue weighted by Crippen LogP contribution is 2.51. The summed E-state index contributed by atoms with van der Waals surface area (Å²) < 4.78 is 5.09. The van der Waals surface area contributed by atoms with E-state index in [9.17, 15) is 20.0 Å². The van der Waals surface area contributed by atoms with Crippen molar-refractivity contribution in [1.29, 1.82) is 5.26 Å². The highest BCUT2D eigenvalue weighted by molar-refractivity contribution is 5.95. The predicted octanol–water partition coefficient (Wildman–Crippen LogP) is 0.892. The maximum absolute atomic E-state index is 12.6. The molecule has 8 heteroatoms. The van der Waals surface area contributed by atoms with Crippen LogP contribution in [0.15, 0.2) is 41.6 Å². The van der Waals surface area contributed by atoms with Crippen LogP contribution in [0, 0.1) is 11.3 Å². The first-order valence-electron chi connectivity index (χ1n) is 7.68. The number of nitriles is 1. The molecule has 0 bridgehead atoms. The van der Waals surface area contributed by atoms with E-state index in [4.69, 9.17) is 10.5 Å². The Labute approximate surface area is 145 Å². The third kappa shape index (κ3) is 2.58. The van der Waals surface area contributed by atoms with Crippen molar-refractivity contribution in [3.8, 4) is 6.07 Å². The van der Waals surface area contributed by atoms with Crippen molar-refractivity contribution in [3.63, 3.8) is 0 Å². The summed E-state index contributed by atoms with van der Waals surface area (Å²) in [5.74, 6) is -0.751. The van der Waals surface area contributed by atoms with Gasteiger partial charge in [0.25, 0.3) is 0 Å². The Hall–Kier alpha value is -3.05. The molecule has 0 radical (unpaired) electrons. The van der Waals surface area contributed by atoms with Gasteiger partial charge in [0.05, 0.1) is 18.2 Å². The zero-order chi connectivity index (χ0) is 18.8. The SMILES string of the molecule is CCOC(=O)C1=C(C)N(NC(N)=O)C(C)(O)C1(C#N)c1ccccc1. The van der Waals surface area contributed by atoms with Crippen LogP contribution in [0.4, 0.5) is 4.79 Å². The van der Waals surface area contributed by atoms with Crippen LogP contribution in [-0.4, -0.2) is 34.4 Å². The number of carbonyl (C=O) groups is 2. The van der Waals surface area contributed by atoms with Crippen molar-refractivity contribution in [2.45, 2.75) is 31.9 Å². The topological polar surface area (TPSA) is 129 Å². The lowest BCUT2D eigenvalue weighted by molar-refractivity contribution is -0.141. The van der Waals surface area contributed by atoms with Gasteiger partial charge in [0.15, 0.2) is 11.1 Å². The summed E-state index contributed by atoms with van der Waals surface area (Å²) in [6.07, 6.45) is 0. The first-order valence-corrected chi connectivity index (χ1v) is 7.68. The summed E-state index contributed by atoms with van der Waals surface area (Å²) in [5, 5.41) is 22.3. The number of allylic oxidation sites excluding steroid dienone is 1. The Kier molecular flexibility index (Phi) is 4.72. The van der Waals surface area contributed by atoms with Crippen LogP contribution in [-0.2, 0) is 14.9 Å². The van der Waals surface area contributed by atoms with Crippen LogP contribution >= 0.6 is 0 Å². The average Bonchev–Trinajstić information content (AvgIpc) is 2.73. The number of nitrogens with one attached hydrogen (secondary N) is 1. The highest BCUT2D eigenvalue weighted by atomic mass is 16.5. The number of rotatable bonds is 4. The van der Waals surface area contributed by atoms with E-state index in [1.807, 2.05) is 0 Å². The summed E-state index contributed by atoms with van der Waals surface area (Å²) in [4.78, 5) is 24.0. The smallest absolute Gasteiger partial charge is 0.338 e. The molecule has 1 aliphatic rings. The second kappa shape index (κ2) is 6.45. The maximum Gasteiger partial charge on any atom is 0.338 e. The van der Waals surface area contributed by atoms with E-state index in [-0.39, 0.29) is 17.9 Å². The van der Waals surface area contributed by atoms with E-state index >= 15 is 0 Å². The number of aliphatic hydroxyl groups is 1. The largest absolute Gasteiger partial charge is 0.463 e. The first-order chi connectivity index (χ1) is 11.7. The van der Waals surface area contributed by atoms with Gasteiger partial charge in [-0.3, -0.25) is 5.01 Å². The van der Waals surface area contributed by atoms with Crippen molar-refractivity contribution in [2.24, 2.45) is 5.73 Å². The maximum atomic E-state index is 12.6. The molecule has 2 atom stereocenters. The molecule has 2 unspecified atom stereocenters. The Morgan fingerprint density at radius 1 is 1.40 bits per heavy atom. The molecule has 4 N–H and O–H groups in total. The van der Waals surface area contributed by atoms with Crippen LogP contribution < -0.4 is 11.2 Å². The molecule has 2 rings (SSSR count). The number of amides is 2. The van der Waals surface area contributed by atoms with Crippen molar-refractivity contribution >= 4 is 12.0 Å². The Morgan fingerprint density at radius 2 is 2.00 bits per heavy atom. The van der Waals surface area contributed by atoms with Gasteiger partial charge in [-0.2, -0.15) is 5.26 Å². The molecular formula is C17H20N4O4. The number of ether oxygens (including phenoxy) is 1. The van der Waals surface area contributed by atoms with Gasteiger partial charge in [-0.1, -0.05) is 30.3 Å². The molecule has 0 saturated heterocycles. The van der Waals surface area contributed by atoms with Gasteiger partial charge in [-0.05, 0) is 26.3 Å². The molecule has 25 heavy (non-hydrogen) atoms. The molecule has 0 aliphatic carbocycles. The van der Waals surface area contributed by atoms with Gasteiger partial charge >= 0.3 is 12.0 Å². The Balaban J connectivity index is 2.79. The number of hydrogen-bond acceptors (Lipinski definition) is 6. The zero-order valence-corrected chi connectivity index (χ0v) is 14.2. The van der Waals surface area contributed by atoms with Gasteiger partial charge in [0, 0.05) is 5.70 Å². The number of carbonyl (C=O) groups excluding carboxylic acids is 2. The van der Waals surface area contributed by atoms with Crippen LogP contribution in [0.2, 0.25) is 0 Å². The number of urea groups is 1. The number of hydrogen-bond donors (Lipinski definition) is 3. The molecule has 0 spiro atoms. The van der Waals surface area contributed by atoms with Crippen LogP contribution in [0.1, 0.15) is 26.3 Å². The summed E-state index contributed by atoms with van der Waals surface area (Å²) in [5.41, 5.74) is 4.19. The van der Waals surface area contributed by atoms with Crippen LogP contribution in [0.3, 0.4) is 0 Å². The summed E-state index contributed by atoms with van der Waals surface area (Å²) in [7, 11) is 0. The third-order valence-corrected chi connectivity index (χ3v) is 4.29. The minimum absolute atomic E-state index is 0.0539. The van der Waals surface area contributed by atoms with Crippen molar-refractivity contribution in [1.82, 2.24) is 10.4 Å². The number of nitrogens with two attached hydrogens (primary N) is 1. The second-order valence-corrected chi connectivity index (χ2v) is 5.74. The molecule has 1 heterocycles. The summed E-state index contributed by atoms with van der Waals surface area (Å²) >= 11 is 0. The molecule has 2 amide bonds. The highest BCUT2D eigenvalue weighted by Gasteiger charge is 2.64. The fourth-order valence-corrected chi connectivity index (χ4v) is 3.25. The zero-order valence-electron chi connectivity index (χ0n) is 14.2. The molecule has 0 fully saturated rings. The van der Waals surface area contributed by atoms with Gasteiger partial charge < -0.3 is 15.6 Å². The van der Waals surface area contributed by atoms with E-state index in [0.717, 1.165) is 5.01 Å². The second-order valence-electron chi connectivity index (χ2n) is 5.74. The van der Waals surface area contributed by atoms with Crippen molar-refractivity contribution in [3.05, 3.63) is 47.2 Å². The third-order valence-electron chi connectivity index (χ3n) is 4.29. The van der Waals surface area contributed by atoms with E-state index in [0.29, 0.717) is 5.56 Å². The number of primary amides is 1. The minimum atomic E-state index is -1.98. The molecule has 0 saturated carbocycles. The van der Waals surface area contributed by atoms with E-state index in [1.54, 1.807) is 37.3 Å². The fourth-order valence-electron chi connectivity index (χ4n) is 3.25. The number of esters is 1. The first kappa shape index (κ1) is 18.3. The van der Waals surface area contributed by atoms with Crippen LogP contribution in [0.25, 0.3) is 0 Å². The molecule has 132 valence electrons. The average molecular weight is 344 g/mol. The van der Waals surface area contributed by atoms with E-state index in [2.05, 4.69) is 11.5 Å². The molecule has 0 aromatic heterocycles. The standard InChI is InChI=1S/C17H20N4O4/c1-4-25-14(22)13-11(2)21(20-15(19)23)16(3,24)17(13,10-18)12-8-6-5-7-9-12/h5-9,24H,4H2,1-3H3,(H3,19,20,23).